The van der Waals surface area contributed by atoms with E-state index in [0.29, 0.717) is 25.4 Å². The lowest BCUT2D eigenvalue weighted by Crippen LogP contribution is -2.39. The summed E-state index contributed by atoms with van der Waals surface area (Å²) in [5, 5.41) is 1.25. The van der Waals surface area contributed by atoms with Gasteiger partial charge in [0.15, 0.2) is 0 Å². The first-order valence-corrected chi connectivity index (χ1v) is 13.7. The van der Waals surface area contributed by atoms with Crippen LogP contribution in [0.4, 0.5) is 0 Å². The van der Waals surface area contributed by atoms with E-state index in [1.54, 1.807) is 4.31 Å². The molecule has 3 heterocycles. The summed E-state index contributed by atoms with van der Waals surface area (Å²) in [5.41, 5.74) is 10.8. The van der Waals surface area contributed by atoms with Crippen molar-refractivity contribution in [2.75, 3.05) is 38.5 Å². The fourth-order valence-corrected chi connectivity index (χ4v) is 6.92. The largest absolute Gasteiger partial charge is 0.361 e. The van der Waals surface area contributed by atoms with E-state index in [4.69, 9.17) is 5.73 Å². The van der Waals surface area contributed by atoms with Gasteiger partial charge in [-0.1, -0.05) is 36.4 Å². The average Bonchev–Trinajstić information content (AvgIpc) is 3.45. The number of benzene rings is 2. The van der Waals surface area contributed by atoms with Crippen LogP contribution in [0, 0.1) is 0 Å². The molecule has 6 nitrogen and oxygen atoms in total. The van der Waals surface area contributed by atoms with Crippen molar-refractivity contribution in [1.29, 1.82) is 0 Å². The second-order valence-electron chi connectivity index (χ2n) is 9.56. The van der Waals surface area contributed by atoms with Crippen LogP contribution in [0.3, 0.4) is 0 Å². The molecule has 1 atom stereocenters. The fourth-order valence-electron chi connectivity index (χ4n) is 5.40. The van der Waals surface area contributed by atoms with Crippen LogP contribution in [-0.2, 0) is 10.0 Å². The van der Waals surface area contributed by atoms with E-state index in [-0.39, 0.29) is 11.8 Å². The number of aromatic nitrogens is 1. The highest BCUT2D eigenvalue weighted by Crippen LogP contribution is 2.35. The Bertz CT molecular complexity index is 1180. The van der Waals surface area contributed by atoms with Crippen LogP contribution in [0.25, 0.3) is 22.0 Å². The first kappa shape index (κ1) is 22.6. The number of sulfonamides is 1. The summed E-state index contributed by atoms with van der Waals surface area (Å²) in [5.74, 6) is 0.610. The fraction of sp³-hybridized carbons (Fsp3) is 0.462. The van der Waals surface area contributed by atoms with Gasteiger partial charge in [-0.05, 0) is 73.5 Å². The highest BCUT2D eigenvalue weighted by molar-refractivity contribution is 7.89. The number of nitrogens with zero attached hydrogens (tertiary/aromatic N) is 2. The van der Waals surface area contributed by atoms with Gasteiger partial charge in [-0.15, -0.1) is 0 Å². The Morgan fingerprint density at radius 3 is 2.48 bits per heavy atom. The van der Waals surface area contributed by atoms with Crippen LogP contribution in [0.15, 0.2) is 54.7 Å². The number of hydrogen-bond acceptors (Lipinski definition) is 4. The molecule has 3 aromatic rings. The zero-order valence-corrected chi connectivity index (χ0v) is 19.9. The summed E-state index contributed by atoms with van der Waals surface area (Å²) >= 11 is 0. The molecule has 0 saturated carbocycles. The van der Waals surface area contributed by atoms with Gasteiger partial charge in [-0.3, -0.25) is 0 Å². The highest BCUT2D eigenvalue weighted by Gasteiger charge is 2.30. The van der Waals surface area contributed by atoms with Crippen LogP contribution in [0.1, 0.15) is 37.2 Å². The van der Waals surface area contributed by atoms with E-state index in [2.05, 4.69) is 58.5 Å². The lowest BCUT2D eigenvalue weighted by molar-refractivity contribution is 0.314. The number of aromatic amines is 1. The van der Waals surface area contributed by atoms with Crippen molar-refractivity contribution in [3.63, 3.8) is 0 Å². The molecule has 0 radical (unpaired) electrons. The molecule has 3 N–H and O–H groups in total. The summed E-state index contributed by atoms with van der Waals surface area (Å²) in [6, 6.07) is 17.2. The van der Waals surface area contributed by atoms with Crippen LogP contribution < -0.4 is 5.73 Å². The molecule has 2 aliphatic rings. The van der Waals surface area contributed by atoms with E-state index in [1.807, 2.05) is 6.07 Å². The smallest absolute Gasteiger partial charge is 0.214 e. The molecule has 33 heavy (non-hydrogen) atoms. The second-order valence-corrected chi connectivity index (χ2v) is 11.7. The van der Waals surface area contributed by atoms with Gasteiger partial charge < -0.3 is 15.6 Å². The van der Waals surface area contributed by atoms with Gasteiger partial charge >= 0.3 is 0 Å². The van der Waals surface area contributed by atoms with Gasteiger partial charge in [0.05, 0.1) is 5.75 Å². The van der Waals surface area contributed by atoms with Gasteiger partial charge in [0.2, 0.25) is 10.0 Å². The van der Waals surface area contributed by atoms with Crippen molar-refractivity contribution >= 4 is 20.9 Å². The third-order valence-electron chi connectivity index (χ3n) is 7.29. The lowest BCUT2D eigenvalue weighted by atomic mass is 9.89. The van der Waals surface area contributed by atoms with E-state index in [9.17, 15) is 8.42 Å². The Morgan fingerprint density at radius 2 is 1.76 bits per heavy atom. The Kier molecular flexibility index (Phi) is 6.56. The summed E-state index contributed by atoms with van der Waals surface area (Å²) in [7, 11) is -3.20. The molecule has 5 rings (SSSR count). The van der Waals surface area contributed by atoms with Gasteiger partial charge in [-0.25, -0.2) is 12.7 Å². The minimum absolute atomic E-state index is 0.233. The second kappa shape index (κ2) is 9.58. The van der Waals surface area contributed by atoms with Gasteiger partial charge in [-0.2, -0.15) is 0 Å². The van der Waals surface area contributed by atoms with Crippen molar-refractivity contribution in [3.8, 4) is 11.1 Å². The van der Waals surface area contributed by atoms with E-state index in [0.717, 1.165) is 44.4 Å². The number of H-pyrrole nitrogens is 1. The Morgan fingerprint density at radius 1 is 0.970 bits per heavy atom. The third-order valence-corrected chi connectivity index (χ3v) is 9.25. The number of nitrogens with one attached hydrogen (secondary N) is 1. The molecule has 0 spiro atoms. The number of likely N-dealkylation sites (tertiary alicyclic amines) is 1. The lowest BCUT2D eigenvalue weighted by Gasteiger charge is -2.31. The molecular weight excluding hydrogens is 432 g/mol. The standard InChI is InChI=1S/C26H34N4O2S/c27-23-11-13-29(19-23)12-4-16-33(31,32)30-14-9-21(10-15-30)25-18-28-26-8-7-22(17-24(25)26)20-5-2-1-3-6-20/h1-3,5-8,17-18,21,23,28H,4,9-16,19,27H2. The van der Waals surface area contributed by atoms with Crippen LogP contribution in [0.5, 0.6) is 0 Å². The van der Waals surface area contributed by atoms with E-state index >= 15 is 0 Å². The monoisotopic (exact) mass is 466 g/mol. The van der Waals surface area contributed by atoms with Crippen molar-refractivity contribution in [3.05, 3.63) is 60.3 Å². The molecule has 0 aliphatic carbocycles. The molecule has 2 aliphatic heterocycles. The number of nitrogens with two attached hydrogens (primary N) is 1. The Balaban J connectivity index is 1.21. The SMILES string of the molecule is NC1CCN(CCCS(=O)(=O)N2CCC(c3c[nH]c4ccc(-c5ccccc5)cc34)CC2)C1. The number of hydrogen-bond donors (Lipinski definition) is 2. The summed E-state index contributed by atoms with van der Waals surface area (Å²) < 4.78 is 27.5. The molecule has 1 aromatic heterocycles. The van der Waals surface area contributed by atoms with Gasteiger partial charge in [0.1, 0.15) is 0 Å². The van der Waals surface area contributed by atoms with Crippen molar-refractivity contribution in [1.82, 2.24) is 14.2 Å². The van der Waals surface area contributed by atoms with Crippen molar-refractivity contribution in [2.24, 2.45) is 5.73 Å². The average molecular weight is 467 g/mol. The zero-order chi connectivity index (χ0) is 22.8. The van der Waals surface area contributed by atoms with E-state index in [1.165, 1.54) is 22.1 Å². The first-order valence-electron chi connectivity index (χ1n) is 12.1. The van der Waals surface area contributed by atoms with E-state index < -0.39 is 10.0 Å². The predicted octanol–water partition coefficient (Wildman–Crippen LogP) is 3.77. The predicted molar refractivity (Wildman–Crippen MR) is 135 cm³/mol. The molecule has 2 fully saturated rings. The molecule has 2 saturated heterocycles. The summed E-state index contributed by atoms with van der Waals surface area (Å²) in [6.45, 7) is 3.91. The number of rotatable bonds is 7. The molecule has 0 bridgehead atoms. The van der Waals surface area contributed by atoms with Crippen molar-refractivity contribution < 1.29 is 8.42 Å². The molecule has 1 unspecified atom stereocenters. The molecule has 7 heteroatoms. The number of piperidine rings is 1. The topological polar surface area (TPSA) is 82.4 Å². The quantitative estimate of drug-likeness (QED) is 0.555. The minimum Gasteiger partial charge on any atom is -0.361 e. The molecule has 0 amide bonds. The van der Waals surface area contributed by atoms with Crippen molar-refractivity contribution in [2.45, 2.75) is 37.6 Å². The molecule has 2 aromatic carbocycles. The van der Waals surface area contributed by atoms with Gasteiger partial charge in [0, 0.05) is 42.8 Å². The van der Waals surface area contributed by atoms with Crippen LogP contribution >= 0.6 is 0 Å². The Hall–Kier alpha value is -2.19. The van der Waals surface area contributed by atoms with Crippen LogP contribution in [0.2, 0.25) is 0 Å². The summed E-state index contributed by atoms with van der Waals surface area (Å²) in [6.07, 6.45) is 5.54. The molecular formula is C26H34N4O2S. The normalized spacial score (nSPS) is 21.2. The maximum absolute atomic E-state index is 12.9. The van der Waals surface area contributed by atoms with Gasteiger partial charge in [0.25, 0.3) is 0 Å². The third kappa shape index (κ3) is 5.01. The number of fused-ring (bicyclic) bond motifs is 1. The maximum Gasteiger partial charge on any atom is 0.214 e. The first-order chi connectivity index (χ1) is 16.0. The Labute approximate surface area is 196 Å². The minimum atomic E-state index is -3.20. The molecule has 176 valence electrons. The highest BCUT2D eigenvalue weighted by atomic mass is 32.2. The summed E-state index contributed by atoms with van der Waals surface area (Å²) in [4.78, 5) is 5.70. The zero-order valence-electron chi connectivity index (χ0n) is 19.1. The maximum atomic E-state index is 12.9. The van der Waals surface area contributed by atoms with Crippen LogP contribution in [-0.4, -0.2) is 67.1 Å².